The number of thiazole rings is 1. The van der Waals surface area contributed by atoms with E-state index in [9.17, 15) is 0 Å². The standard InChI is InChI=1S/C10H17N3S/c1-8-7-14-9(13-8)10(11-2)3-5-12-6-4-10/h7,11-12H,3-6H2,1-2H3. The maximum absolute atomic E-state index is 4.61. The van der Waals surface area contributed by atoms with E-state index >= 15 is 0 Å². The molecule has 4 heteroatoms. The normalized spacial score (nSPS) is 21.0. The maximum Gasteiger partial charge on any atom is 0.113 e. The molecule has 2 heterocycles. The number of nitrogens with one attached hydrogen (secondary N) is 2. The van der Waals surface area contributed by atoms with Gasteiger partial charge in [0, 0.05) is 11.1 Å². The second-order valence-electron chi connectivity index (χ2n) is 3.88. The number of aromatic nitrogens is 1. The largest absolute Gasteiger partial charge is 0.317 e. The molecule has 0 radical (unpaired) electrons. The molecule has 0 saturated carbocycles. The van der Waals surface area contributed by atoms with Gasteiger partial charge in [-0.15, -0.1) is 11.3 Å². The molecule has 0 unspecified atom stereocenters. The molecule has 2 N–H and O–H groups in total. The van der Waals surface area contributed by atoms with Crippen molar-refractivity contribution in [3.63, 3.8) is 0 Å². The summed E-state index contributed by atoms with van der Waals surface area (Å²) in [5, 5.41) is 10.2. The first-order valence-corrected chi connectivity index (χ1v) is 5.97. The van der Waals surface area contributed by atoms with Crippen LogP contribution in [0.15, 0.2) is 5.38 Å². The van der Waals surface area contributed by atoms with Crippen LogP contribution in [0.3, 0.4) is 0 Å². The third kappa shape index (κ3) is 1.69. The lowest BCUT2D eigenvalue weighted by Crippen LogP contribution is -2.48. The van der Waals surface area contributed by atoms with Crippen LogP contribution in [0, 0.1) is 6.92 Å². The van der Waals surface area contributed by atoms with Gasteiger partial charge in [0.1, 0.15) is 5.01 Å². The number of aryl methyl sites for hydroxylation is 1. The highest BCUT2D eigenvalue weighted by Crippen LogP contribution is 2.32. The van der Waals surface area contributed by atoms with Gasteiger partial charge in [0.05, 0.1) is 5.54 Å². The molecule has 1 saturated heterocycles. The SMILES string of the molecule is CNC1(c2nc(C)cs2)CCNCC1. The first-order chi connectivity index (χ1) is 6.77. The van der Waals surface area contributed by atoms with Gasteiger partial charge >= 0.3 is 0 Å². The lowest BCUT2D eigenvalue weighted by atomic mass is 9.89. The van der Waals surface area contributed by atoms with Crippen molar-refractivity contribution >= 4 is 11.3 Å². The van der Waals surface area contributed by atoms with E-state index in [4.69, 9.17) is 0 Å². The molecule has 14 heavy (non-hydrogen) atoms. The van der Waals surface area contributed by atoms with Crippen molar-refractivity contribution in [1.82, 2.24) is 15.6 Å². The fourth-order valence-electron chi connectivity index (χ4n) is 2.00. The van der Waals surface area contributed by atoms with Gasteiger partial charge < -0.3 is 10.6 Å². The van der Waals surface area contributed by atoms with Crippen LogP contribution in [0.5, 0.6) is 0 Å². The van der Waals surface area contributed by atoms with Gasteiger partial charge in [-0.2, -0.15) is 0 Å². The molecule has 0 aliphatic carbocycles. The fourth-order valence-corrected chi connectivity index (χ4v) is 3.06. The molecule has 1 aliphatic rings. The molecule has 0 aromatic carbocycles. The molecule has 78 valence electrons. The Balaban J connectivity index is 2.26. The second-order valence-corrected chi connectivity index (χ2v) is 4.73. The highest BCUT2D eigenvalue weighted by atomic mass is 32.1. The fraction of sp³-hybridized carbons (Fsp3) is 0.700. The monoisotopic (exact) mass is 211 g/mol. The minimum absolute atomic E-state index is 0.129. The predicted molar refractivity (Wildman–Crippen MR) is 59.7 cm³/mol. The molecule has 0 amide bonds. The van der Waals surface area contributed by atoms with Crippen molar-refractivity contribution < 1.29 is 0 Å². The number of hydrogen-bond acceptors (Lipinski definition) is 4. The molecule has 0 spiro atoms. The summed E-state index contributed by atoms with van der Waals surface area (Å²) in [4.78, 5) is 4.61. The number of nitrogens with zero attached hydrogens (tertiary/aromatic N) is 1. The zero-order chi connectivity index (χ0) is 10.0. The van der Waals surface area contributed by atoms with Crippen LogP contribution >= 0.6 is 11.3 Å². The highest BCUT2D eigenvalue weighted by molar-refractivity contribution is 7.09. The van der Waals surface area contributed by atoms with Crippen LogP contribution in [0.25, 0.3) is 0 Å². The minimum atomic E-state index is 0.129. The molecular formula is C10H17N3S. The lowest BCUT2D eigenvalue weighted by molar-refractivity contribution is 0.262. The minimum Gasteiger partial charge on any atom is -0.317 e. The van der Waals surface area contributed by atoms with Crippen LogP contribution in [0.2, 0.25) is 0 Å². The van der Waals surface area contributed by atoms with Crippen molar-refractivity contribution in [3.05, 3.63) is 16.1 Å². The summed E-state index contributed by atoms with van der Waals surface area (Å²) in [6.07, 6.45) is 2.27. The van der Waals surface area contributed by atoms with Gasteiger partial charge in [-0.25, -0.2) is 4.98 Å². The van der Waals surface area contributed by atoms with E-state index in [1.807, 2.05) is 7.05 Å². The summed E-state index contributed by atoms with van der Waals surface area (Å²) in [7, 11) is 2.04. The summed E-state index contributed by atoms with van der Waals surface area (Å²) in [5.74, 6) is 0. The molecule has 1 aromatic heterocycles. The third-order valence-electron chi connectivity index (χ3n) is 2.96. The maximum atomic E-state index is 4.61. The summed E-state index contributed by atoms with van der Waals surface area (Å²) in [6, 6.07) is 0. The Morgan fingerprint density at radius 1 is 1.50 bits per heavy atom. The molecule has 0 atom stereocenters. The van der Waals surface area contributed by atoms with E-state index in [0.717, 1.165) is 31.6 Å². The van der Waals surface area contributed by atoms with E-state index in [1.54, 1.807) is 11.3 Å². The van der Waals surface area contributed by atoms with E-state index in [0.29, 0.717) is 0 Å². The van der Waals surface area contributed by atoms with Crippen LogP contribution in [0.1, 0.15) is 23.5 Å². The summed E-state index contributed by atoms with van der Waals surface area (Å²) in [6.45, 7) is 4.23. The Bertz CT molecular complexity index is 302. The lowest BCUT2D eigenvalue weighted by Gasteiger charge is -2.35. The Morgan fingerprint density at radius 2 is 2.21 bits per heavy atom. The van der Waals surface area contributed by atoms with E-state index in [2.05, 4.69) is 27.9 Å². The molecule has 2 rings (SSSR count). The van der Waals surface area contributed by atoms with Gasteiger partial charge in [0.25, 0.3) is 0 Å². The Labute approximate surface area is 88.9 Å². The molecular weight excluding hydrogens is 194 g/mol. The van der Waals surface area contributed by atoms with Crippen molar-refractivity contribution in [1.29, 1.82) is 0 Å². The number of piperidine rings is 1. The van der Waals surface area contributed by atoms with Gasteiger partial charge in [0.2, 0.25) is 0 Å². The van der Waals surface area contributed by atoms with Gasteiger partial charge in [-0.1, -0.05) is 0 Å². The average molecular weight is 211 g/mol. The topological polar surface area (TPSA) is 37.0 Å². The Kier molecular flexibility index (Phi) is 2.85. The smallest absolute Gasteiger partial charge is 0.113 e. The van der Waals surface area contributed by atoms with Crippen molar-refractivity contribution in [2.75, 3.05) is 20.1 Å². The Hall–Kier alpha value is -0.450. The van der Waals surface area contributed by atoms with Crippen molar-refractivity contribution in [2.45, 2.75) is 25.3 Å². The quantitative estimate of drug-likeness (QED) is 0.773. The van der Waals surface area contributed by atoms with Crippen molar-refractivity contribution in [2.24, 2.45) is 0 Å². The number of hydrogen-bond donors (Lipinski definition) is 2. The molecule has 3 nitrogen and oxygen atoms in total. The first kappa shape index (κ1) is 10.1. The van der Waals surface area contributed by atoms with Gasteiger partial charge in [-0.05, 0) is 39.9 Å². The third-order valence-corrected chi connectivity index (χ3v) is 4.13. The first-order valence-electron chi connectivity index (χ1n) is 5.09. The number of rotatable bonds is 2. The molecule has 1 aliphatic heterocycles. The van der Waals surface area contributed by atoms with Gasteiger partial charge in [-0.3, -0.25) is 0 Å². The summed E-state index contributed by atoms with van der Waals surface area (Å²) < 4.78 is 0. The van der Waals surface area contributed by atoms with Crippen molar-refractivity contribution in [3.8, 4) is 0 Å². The summed E-state index contributed by atoms with van der Waals surface area (Å²) in [5.41, 5.74) is 1.27. The Morgan fingerprint density at radius 3 is 2.71 bits per heavy atom. The second kappa shape index (κ2) is 3.96. The van der Waals surface area contributed by atoms with Crippen LogP contribution in [0.4, 0.5) is 0 Å². The van der Waals surface area contributed by atoms with Crippen LogP contribution < -0.4 is 10.6 Å². The van der Waals surface area contributed by atoms with Crippen LogP contribution in [-0.2, 0) is 5.54 Å². The van der Waals surface area contributed by atoms with E-state index in [1.165, 1.54) is 5.01 Å². The molecule has 1 aromatic rings. The summed E-state index contributed by atoms with van der Waals surface area (Å²) >= 11 is 1.78. The highest BCUT2D eigenvalue weighted by Gasteiger charge is 2.34. The van der Waals surface area contributed by atoms with Crippen LogP contribution in [-0.4, -0.2) is 25.1 Å². The van der Waals surface area contributed by atoms with Gasteiger partial charge in [0.15, 0.2) is 0 Å². The average Bonchev–Trinajstić information content (AvgIpc) is 2.66. The molecule has 1 fully saturated rings. The van der Waals surface area contributed by atoms with E-state index < -0.39 is 0 Å². The zero-order valence-electron chi connectivity index (χ0n) is 8.76. The zero-order valence-corrected chi connectivity index (χ0v) is 9.58. The predicted octanol–water partition coefficient (Wildman–Crippen LogP) is 1.25. The van der Waals surface area contributed by atoms with E-state index in [-0.39, 0.29) is 5.54 Å². The molecule has 0 bridgehead atoms.